The van der Waals surface area contributed by atoms with Gasteiger partial charge >= 0.3 is 5.97 Å². The Balaban J connectivity index is 1.42. The van der Waals surface area contributed by atoms with Gasteiger partial charge in [-0.05, 0) is 98.0 Å². The van der Waals surface area contributed by atoms with Crippen molar-refractivity contribution in [2.24, 2.45) is 0 Å². The summed E-state index contributed by atoms with van der Waals surface area (Å²) in [7, 11) is -0.448. The Labute approximate surface area is 252 Å². The Morgan fingerprint density at radius 3 is 2.12 bits per heavy atom. The summed E-state index contributed by atoms with van der Waals surface area (Å²) in [5.41, 5.74) is 2.68. The summed E-state index contributed by atoms with van der Waals surface area (Å²) in [6.45, 7) is 3.61. The molecule has 0 spiro atoms. The molecule has 10 nitrogen and oxygen atoms in total. The van der Waals surface area contributed by atoms with Crippen LogP contribution in [0.2, 0.25) is 0 Å². The molecule has 11 heteroatoms. The van der Waals surface area contributed by atoms with E-state index < -0.39 is 22.0 Å². The molecule has 43 heavy (non-hydrogen) atoms. The van der Waals surface area contributed by atoms with Crippen LogP contribution in [-0.2, 0) is 21.2 Å². The topological polar surface area (TPSA) is 112 Å². The van der Waals surface area contributed by atoms with Crippen LogP contribution in [0.3, 0.4) is 0 Å². The molecular weight excluding hydrogens is 572 g/mol. The molecule has 228 valence electrons. The van der Waals surface area contributed by atoms with Crippen molar-refractivity contribution in [2.45, 2.75) is 37.1 Å². The van der Waals surface area contributed by atoms with Crippen LogP contribution in [-0.4, -0.2) is 76.6 Å². The largest absolute Gasteiger partial charge is 0.493 e. The van der Waals surface area contributed by atoms with Crippen molar-refractivity contribution >= 4 is 21.9 Å². The van der Waals surface area contributed by atoms with Crippen LogP contribution in [0.15, 0.2) is 65.6 Å². The van der Waals surface area contributed by atoms with Crippen molar-refractivity contribution in [3.63, 3.8) is 0 Å². The van der Waals surface area contributed by atoms with Gasteiger partial charge in [0, 0.05) is 25.2 Å². The van der Waals surface area contributed by atoms with Gasteiger partial charge in [-0.1, -0.05) is 0 Å². The predicted molar refractivity (Wildman–Crippen MR) is 159 cm³/mol. The molecule has 3 aromatic carbocycles. The first-order valence-electron chi connectivity index (χ1n) is 14.3. The van der Waals surface area contributed by atoms with E-state index in [1.165, 1.54) is 16.4 Å². The smallest absolute Gasteiger partial charge is 0.338 e. The minimum absolute atomic E-state index is 0.133. The van der Waals surface area contributed by atoms with Crippen LogP contribution in [0.5, 0.6) is 17.2 Å². The highest BCUT2D eigenvalue weighted by Gasteiger charge is 2.34. The zero-order valence-electron chi connectivity index (χ0n) is 24.6. The maximum Gasteiger partial charge on any atom is 0.338 e. The number of carbonyl (C=O) groups excluding carboxylic acids is 2. The Bertz CT molecular complexity index is 1570. The molecule has 0 unspecified atom stereocenters. The van der Waals surface area contributed by atoms with Gasteiger partial charge in [0.25, 0.3) is 5.91 Å². The molecule has 0 aliphatic carbocycles. The summed E-state index contributed by atoms with van der Waals surface area (Å²) >= 11 is 0. The number of carbonyl (C=O) groups is 2. The first kappa shape index (κ1) is 30.4. The van der Waals surface area contributed by atoms with Crippen LogP contribution < -0.4 is 14.2 Å². The van der Waals surface area contributed by atoms with Gasteiger partial charge in [-0.2, -0.15) is 4.31 Å². The van der Waals surface area contributed by atoms with Crippen LogP contribution in [0.4, 0.5) is 0 Å². The Morgan fingerprint density at radius 1 is 0.860 bits per heavy atom. The average molecular weight is 609 g/mol. The molecule has 5 rings (SSSR count). The highest BCUT2D eigenvalue weighted by Crippen LogP contribution is 2.39. The maximum absolute atomic E-state index is 13.9. The lowest BCUT2D eigenvalue weighted by Crippen LogP contribution is -2.42. The lowest BCUT2D eigenvalue weighted by atomic mass is 9.91. The third-order valence-electron chi connectivity index (χ3n) is 7.84. The van der Waals surface area contributed by atoms with Crippen molar-refractivity contribution in [1.29, 1.82) is 0 Å². The van der Waals surface area contributed by atoms with E-state index in [0.717, 1.165) is 24.0 Å². The van der Waals surface area contributed by atoms with Gasteiger partial charge in [0.05, 0.1) is 37.3 Å². The first-order valence-corrected chi connectivity index (χ1v) is 15.8. The number of fused-ring (bicyclic) bond motifs is 1. The van der Waals surface area contributed by atoms with E-state index in [-0.39, 0.29) is 24.0 Å². The summed E-state index contributed by atoms with van der Waals surface area (Å²) in [6.07, 6.45) is 2.29. The van der Waals surface area contributed by atoms with E-state index >= 15 is 0 Å². The zero-order chi connectivity index (χ0) is 30.6. The minimum atomic E-state index is -3.59. The number of amides is 1. The van der Waals surface area contributed by atoms with Gasteiger partial charge in [0.1, 0.15) is 12.4 Å². The fourth-order valence-electron chi connectivity index (χ4n) is 5.54. The lowest BCUT2D eigenvalue weighted by Gasteiger charge is -2.37. The molecule has 2 aliphatic rings. The second-order valence-electron chi connectivity index (χ2n) is 10.4. The quantitative estimate of drug-likeness (QED) is 0.310. The van der Waals surface area contributed by atoms with E-state index in [2.05, 4.69) is 0 Å². The third kappa shape index (κ3) is 6.33. The number of nitrogens with zero attached hydrogens (tertiary/aromatic N) is 2. The molecule has 1 saturated heterocycles. The second-order valence-corrected chi connectivity index (χ2v) is 12.3. The number of hydrogen-bond donors (Lipinski definition) is 0. The van der Waals surface area contributed by atoms with E-state index in [1.54, 1.807) is 62.4 Å². The minimum Gasteiger partial charge on any atom is -0.493 e. The molecule has 1 fully saturated rings. The number of benzene rings is 3. The summed E-state index contributed by atoms with van der Waals surface area (Å²) in [4.78, 5) is 27.9. The summed E-state index contributed by atoms with van der Waals surface area (Å²) in [6, 6.07) is 16.1. The van der Waals surface area contributed by atoms with Gasteiger partial charge in [0.2, 0.25) is 10.0 Å². The monoisotopic (exact) mass is 608 g/mol. The Hall–Kier alpha value is -4.09. The Morgan fingerprint density at radius 2 is 1.49 bits per heavy atom. The van der Waals surface area contributed by atoms with Crippen molar-refractivity contribution in [3.05, 3.63) is 82.9 Å². The van der Waals surface area contributed by atoms with Crippen LogP contribution in [0.25, 0.3) is 0 Å². The SMILES string of the molecule is CCOC(=O)c1ccc(OC[C@H]2c3cc(OC)c(OC)cc3CCN2C(=O)c2ccc(S(=O)(=O)N3CCCC3)cc2)cc1. The van der Waals surface area contributed by atoms with Gasteiger partial charge in [-0.3, -0.25) is 4.79 Å². The molecule has 1 atom stereocenters. The van der Waals surface area contributed by atoms with Crippen molar-refractivity contribution < 1.29 is 37.0 Å². The predicted octanol–water partition coefficient (Wildman–Crippen LogP) is 4.48. The van der Waals surface area contributed by atoms with Crippen LogP contribution in [0.1, 0.15) is 57.7 Å². The van der Waals surface area contributed by atoms with Gasteiger partial charge in [-0.25, -0.2) is 13.2 Å². The molecule has 0 saturated carbocycles. The van der Waals surface area contributed by atoms with Crippen molar-refractivity contribution in [3.8, 4) is 17.2 Å². The number of rotatable bonds is 10. The molecule has 3 aromatic rings. The summed E-state index contributed by atoms with van der Waals surface area (Å²) in [5, 5.41) is 0. The fourth-order valence-corrected chi connectivity index (χ4v) is 7.06. The summed E-state index contributed by atoms with van der Waals surface area (Å²) in [5.74, 6) is 1.02. The highest BCUT2D eigenvalue weighted by atomic mass is 32.2. The molecule has 2 heterocycles. The molecule has 0 radical (unpaired) electrons. The number of hydrogen-bond acceptors (Lipinski definition) is 8. The number of sulfonamides is 1. The molecule has 2 aliphatic heterocycles. The van der Waals surface area contributed by atoms with Crippen LogP contribution >= 0.6 is 0 Å². The van der Waals surface area contributed by atoms with Crippen molar-refractivity contribution in [2.75, 3.05) is 47.1 Å². The molecule has 0 bridgehead atoms. The second kappa shape index (κ2) is 13.0. The Kier molecular flexibility index (Phi) is 9.22. The van der Waals surface area contributed by atoms with E-state index in [4.69, 9.17) is 18.9 Å². The highest BCUT2D eigenvalue weighted by molar-refractivity contribution is 7.89. The number of esters is 1. The van der Waals surface area contributed by atoms with E-state index in [0.29, 0.717) is 54.4 Å². The van der Waals surface area contributed by atoms with E-state index in [9.17, 15) is 18.0 Å². The standard InChI is InChI=1S/C32H36N2O8S/c1-4-41-32(36)23-7-11-25(12-8-23)42-21-28-27-20-30(40-3)29(39-2)19-24(27)15-18-34(28)31(35)22-9-13-26(14-10-22)43(37,38)33-16-5-6-17-33/h7-14,19-20,28H,4-6,15-18,21H2,1-3H3/t28-/m0/s1. The van der Waals surface area contributed by atoms with Gasteiger partial charge in [0.15, 0.2) is 11.5 Å². The first-order chi connectivity index (χ1) is 20.8. The molecule has 1 amide bonds. The normalized spacial score (nSPS) is 16.8. The molecular formula is C32H36N2O8S. The molecule has 0 N–H and O–H groups in total. The van der Waals surface area contributed by atoms with Crippen LogP contribution in [0, 0.1) is 0 Å². The van der Waals surface area contributed by atoms with Gasteiger partial charge < -0.3 is 23.8 Å². The van der Waals surface area contributed by atoms with Crippen molar-refractivity contribution in [1.82, 2.24) is 9.21 Å². The number of ether oxygens (including phenoxy) is 4. The van der Waals surface area contributed by atoms with Gasteiger partial charge in [-0.15, -0.1) is 0 Å². The maximum atomic E-state index is 13.9. The molecule has 0 aromatic heterocycles. The average Bonchev–Trinajstić information content (AvgIpc) is 3.59. The fraction of sp³-hybridized carbons (Fsp3) is 0.375. The third-order valence-corrected chi connectivity index (χ3v) is 9.75. The number of methoxy groups -OCH3 is 2. The summed E-state index contributed by atoms with van der Waals surface area (Å²) < 4.78 is 49.8. The zero-order valence-corrected chi connectivity index (χ0v) is 25.4. The van der Waals surface area contributed by atoms with E-state index in [1.807, 2.05) is 12.1 Å². The lowest BCUT2D eigenvalue weighted by molar-refractivity contribution is 0.0524.